The van der Waals surface area contributed by atoms with E-state index >= 15 is 0 Å². The Bertz CT molecular complexity index is 378. The van der Waals surface area contributed by atoms with Gasteiger partial charge in [0.25, 0.3) is 5.91 Å². The van der Waals surface area contributed by atoms with Crippen LogP contribution in [0.25, 0.3) is 0 Å². The predicted octanol–water partition coefficient (Wildman–Crippen LogP) is 0.316. The van der Waals surface area contributed by atoms with E-state index in [1.807, 2.05) is 0 Å². The van der Waals surface area contributed by atoms with Crippen LogP contribution in [-0.4, -0.2) is 33.2 Å². The Labute approximate surface area is 92.7 Å². The minimum absolute atomic E-state index is 0.184. The third-order valence-corrected chi connectivity index (χ3v) is 2.07. The molecule has 6 nitrogen and oxygen atoms in total. The molecule has 1 aromatic heterocycles. The van der Waals surface area contributed by atoms with E-state index in [9.17, 15) is 9.59 Å². The lowest BCUT2D eigenvalue weighted by atomic mass is 10.0. The lowest BCUT2D eigenvalue weighted by Gasteiger charge is -2.17. The lowest BCUT2D eigenvalue weighted by molar-refractivity contribution is -0.140. The molecule has 6 heteroatoms. The van der Waals surface area contributed by atoms with E-state index in [1.165, 1.54) is 18.5 Å². The Morgan fingerprint density at radius 2 is 2.06 bits per heavy atom. The summed E-state index contributed by atoms with van der Waals surface area (Å²) in [5.74, 6) is -1.70. The second kappa shape index (κ2) is 5.20. The first-order valence-corrected chi connectivity index (χ1v) is 4.82. The molecule has 0 radical (unpaired) electrons. The van der Waals surface area contributed by atoms with Crippen molar-refractivity contribution in [3.8, 4) is 0 Å². The van der Waals surface area contributed by atoms with Crippen LogP contribution in [-0.2, 0) is 4.79 Å². The molecule has 16 heavy (non-hydrogen) atoms. The molecule has 0 fully saturated rings. The summed E-state index contributed by atoms with van der Waals surface area (Å²) in [5, 5.41) is 18.4. The smallest absolute Gasteiger partial charge is 0.326 e. The monoisotopic (exact) mass is 223 g/mol. The summed E-state index contributed by atoms with van der Waals surface area (Å²) in [4.78, 5) is 22.5. The van der Waals surface area contributed by atoms with Gasteiger partial charge in [0.2, 0.25) is 0 Å². The fraction of sp³-hybridized carbons (Fsp3) is 0.400. The Morgan fingerprint density at radius 1 is 1.38 bits per heavy atom. The van der Waals surface area contributed by atoms with E-state index in [-0.39, 0.29) is 5.92 Å². The number of nitrogens with zero attached hydrogens (tertiary/aromatic N) is 2. The van der Waals surface area contributed by atoms with Crippen molar-refractivity contribution in [2.24, 2.45) is 5.92 Å². The molecule has 1 atom stereocenters. The second-order valence-corrected chi connectivity index (χ2v) is 3.66. The van der Waals surface area contributed by atoms with Crippen LogP contribution in [0.4, 0.5) is 0 Å². The van der Waals surface area contributed by atoms with E-state index in [2.05, 4.69) is 15.5 Å². The number of carbonyl (C=O) groups excluding carboxylic acids is 1. The highest BCUT2D eigenvalue weighted by molar-refractivity contribution is 5.96. The largest absolute Gasteiger partial charge is 0.480 e. The average Bonchev–Trinajstić information content (AvgIpc) is 2.25. The van der Waals surface area contributed by atoms with Gasteiger partial charge in [-0.05, 0) is 12.0 Å². The number of hydrogen-bond acceptors (Lipinski definition) is 4. The van der Waals surface area contributed by atoms with Gasteiger partial charge in [-0.2, -0.15) is 10.2 Å². The van der Waals surface area contributed by atoms with Gasteiger partial charge in [-0.15, -0.1) is 0 Å². The zero-order valence-electron chi connectivity index (χ0n) is 9.04. The number of aromatic nitrogens is 2. The van der Waals surface area contributed by atoms with Crippen molar-refractivity contribution >= 4 is 11.9 Å². The molecule has 0 aliphatic rings. The fourth-order valence-electron chi connectivity index (χ4n) is 1.16. The molecule has 1 aromatic rings. The van der Waals surface area contributed by atoms with Crippen molar-refractivity contribution in [2.75, 3.05) is 0 Å². The molecule has 0 spiro atoms. The molecule has 2 N–H and O–H groups in total. The van der Waals surface area contributed by atoms with Crippen molar-refractivity contribution in [3.05, 3.63) is 24.0 Å². The number of aliphatic carboxylic acids is 1. The summed E-state index contributed by atoms with van der Waals surface area (Å²) in [6.07, 6.45) is 2.66. The fourth-order valence-corrected chi connectivity index (χ4v) is 1.16. The average molecular weight is 223 g/mol. The maximum absolute atomic E-state index is 11.6. The predicted molar refractivity (Wildman–Crippen MR) is 55.8 cm³/mol. The third-order valence-electron chi connectivity index (χ3n) is 2.07. The van der Waals surface area contributed by atoms with Crippen molar-refractivity contribution in [1.29, 1.82) is 0 Å². The van der Waals surface area contributed by atoms with Crippen molar-refractivity contribution in [3.63, 3.8) is 0 Å². The van der Waals surface area contributed by atoms with E-state index in [0.29, 0.717) is 5.56 Å². The molecule has 0 aromatic carbocycles. The van der Waals surface area contributed by atoms with Crippen molar-refractivity contribution in [2.45, 2.75) is 19.9 Å². The minimum Gasteiger partial charge on any atom is -0.480 e. The summed E-state index contributed by atoms with van der Waals surface area (Å²) in [5.41, 5.74) is 0.293. The third kappa shape index (κ3) is 3.01. The summed E-state index contributed by atoms with van der Waals surface area (Å²) >= 11 is 0. The molecule has 1 unspecified atom stereocenters. The lowest BCUT2D eigenvalue weighted by Crippen LogP contribution is -2.44. The van der Waals surface area contributed by atoms with E-state index < -0.39 is 17.9 Å². The molecule has 0 saturated carbocycles. The molecule has 0 saturated heterocycles. The SMILES string of the molecule is CC(C)C(NC(=O)c1ccnnc1)C(=O)O. The molecule has 1 amide bonds. The van der Waals surface area contributed by atoms with Gasteiger partial charge in [-0.1, -0.05) is 13.8 Å². The molecule has 0 bridgehead atoms. The second-order valence-electron chi connectivity index (χ2n) is 3.66. The first-order chi connectivity index (χ1) is 7.52. The van der Waals surface area contributed by atoms with Gasteiger partial charge in [-0.25, -0.2) is 4.79 Å². The molecule has 1 rings (SSSR count). The number of carbonyl (C=O) groups is 2. The molecule has 1 heterocycles. The highest BCUT2D eigenvalue weighted by Gasteiger charge is 2.23. The summed E-state index contributed by atoms with van der Waals surface area (Å²) in [6.45, 7) is 3.45. The molecule has 86 valence electrons. The topological polar surface area (TPSA) is 92.2 Å². The van der Waals surface area contributed by atoms with Gasteiger partial charge in [0.15, 0.2) is 0 Å². The van der Waals surface area contributed by atoms with Gasteiger partial charge < -0.3 is 10.4 Å². The van der Waals surface area contributed by atoms with Crippen LogP contribution in [0.3, 0.4) is 0 Å². The number of hydrogen-bond donors (Lipinski definition) is 2. The number of amides is 1. The molecule has 0 aliphatic carbocycles. The summed E-state index contributed by atoms with van der Waals surface area (Å²) in [7, 11) is 0. The first kappa shape index (κ1) is 12.1. The van der Waals surface area contributed by atoms with Crippen LogP contribution in [0.1, 0.15) is 24.2 Å². The Morgan fingerprint density at radius 3 is 2.50 bits per heavy atom. The van der Waals surface area contributed by atoms with Crippen LogP contribution in [0.2, 0.25) is 0 Å². The number of carboxylic acids is 1. The van der Waals surface area contributed by atoms with Crippen LogP contribution in [0, 0.1) is 5.92 Å². The van der Waals surface area contributed by atoms with E-state index in [0.717, 1.165) is 0 Å². The van der Waals surface area contributed by atoms with Crippen molar-refractivity contribution in [1.82, 2.24) is 15.5 Å². The van der Waals surface area contributed by atoms with E-state index in [1.54, 1.807) is 13.8 Å². The highest BCUT2D eigenvalue weighted by atomic mass is 16.4. The van der Waals surface area contributed by atoms with Crippen molar-refractivity contribution < 1.29 is 14.7 Å². The van der Waals surface area contributed by atoms with Gasteiger partial charge in [0.1, 0.15) is 6.04 Å². The number of carboxylic acid groups (broad SMARTS) is 1. The van der Waals surface area contributed by atoms with Gasteiger partial charge in [0.05, 0.1) is 18.0 Å². The van der Waals surface area contributed by atoms with Gasteiger partial charge >= 0.3 is 5.97 Å². The van der Waals surface area contributed by atoms with Crippen LogP contribution < -0.4 is 5.32 Å². The molecular weight excluding hydrogens is 210 g/mol. The van der Waals surface area contributed by atoms with E-state index in [4.69, 9.17) is 5.11 Å². The van der Waals surface area contributed by atoms with Crippen LogP contribution in [0.15, 0.2) is 18.5 Å². The molecule has 0 aliphatic heterocycles. The minimum atomic E-state index is -1.05. The number of nitrogens with one attached hydrogen (secondary N) is 1. The molecular formula is C10H13N3O3. The number of rotatable bonds is 4. The summed E-state index contributed by atoms with van der Waals surface area (Å²) < 4.78 is 0. The maximum atomic E-state index is 11.6. The zero-order chi connectivity index (χ0) is 12.1. The maximum Gasteiger partial charge on any atom is 0.326 e. The first-order valence-electron chi connectivity index (χ1n) is 4.82. The van der Waals surface area contributed by atoms with Crippen LogP contribution in [0.5, 0.6) is 0 Å². The standard InChI is InChI=1S/C10H13N3O3/c1-6(2)8(10(15)16)13-9(14)7-3-4-11-12-5-7/h3-6,8H,1-2H3,(H,13,14)(H,15,16). The van der Waals surface area contributed by atoms with Gasteiger partial charge in [-0.3, -0.25) is 4.79 Å². The summed E-state index contributed by atoms with van der Waals surface area (Å²) in [6, 6.07) is 0.572. The van der Waals surface area contributed by atoms with Crippen LogP contribution >= 0.6 is 0 Å². The Hall–Kier alpha value is -1.98. The Balaban J connectivity index is 2.74. The normalized spacial score (nSPS) is 12.2. The quantitative estimate of drug-likeness (QED) is 0.766. The highest BCUT2D eigenvalue weighted by Crippen LogP contribution is 2.03. The Kier molecular flexibility index (Phi) is 3.93. The van der Waals surface area contributed by atoms with Gasteiger partial charge in [0, 0.05) is 0 Å². The zero-order valence-corrected chi connectivity index (χ0v) is 9.04.